The highest BCUT2D eigenvalue weighted by molar-refractivity contribution is 5.67. The van der Waals surface area contributed by atoms with Crippen LogP contribution in [0.2, 0.25) is 0 Å². The first-order valence-corrected chi connectivity index (χ1v) is 7.04. The second-order valence-electron chi connectivity index (χ2n) is 6.28. The van der Waals surface area contributed by atoms with E-state index in [1.165, 1.54) is 12.8 Å². The molecule has 4 heteroatoms. The van der Waals surface area contributed by atoms with Gasteiger partial charge in [0.2, 0.25) is 0 Å². The molecule has 1 fully saturated rings. The van der Waals surface area contributed by atoms with Crippen LogP contribution in [0.3, 0.4) is 0 Å². The Morgan fingerprint density at radius 2 is 2.00 bits per heavy atom. The van der Waals surface area contributed by atoms with Gasteiger partial charge < -0.3 is 15.4 Å². The fourth-order valence-corrected chi connectivity index (χ4v) is 1.95. The van der Waals surface area contributed by atoms with Crippen molar-refractivity contribution in [2.24, 2.45) is 5.92 Å². The Balaban J connectivity index is 2.23. The summed E-state index contributed by atoms with van der Waals surface area (Å²) in [5.74, 6) is 0.834. The van der Waals surface area contributed by atoms with Crippen LogP contribution in [0.4, 0.5) is 4.79 Å². The lowest BCUT2D eigenvalue weighted by Crippen LogP contribution is -2.46. The van der Waals surface area contributed by atoms with Crippen LogP contribution in [-0.4, -0.2) is 30.3 Å². The Hall–Kier alpha value is -0.770. The van der Waals surface area contributed by atoms with E-state index < -0.39 is 5.60 Å². The van der Waals surface area contributed by atoms with Gasteiger partial charge in [-0.15, -0.1) is 0 Å². The molecule has 18 heavy (non-hydrogen) atoms. The topological polar surface area (TPSA) is 50.4 Å². The van der Waals surface area contributed by atoms with Crippen molar-refractivity contribution in [2.45, 2.75) is 71.6 Å². The number of amides is 1. The fraction of sp³-hybridized carbons (Fsp3) is 0.929. The third-order valence-corrected chi connectivity index (χ3v) is 3.21. The Kier molecular flexibility index (Phi) is 5.45. The predicted molar refractivity (Wildman–Crippen MR) is 73.6 cm³/mol. The number of ether oxygens (including phenoxy) is 1. The van der Waals surface area contributed by atoms with Gasteiger partial charge in [0.25, 0.3) is 0 Å². The second-order valence-corrected chi connectivity index (χ2v) is 6.28. The van der Waals surface area contributed by atoms with Crippen LogP contribution in [-0.2, 0) is 4.74 Å². The van der Waals surface area contributed by atoms with E-state index in [-0.39, 0.29) is 6.09 Å². The predicted octanol–water partition coefficient (Wildman–Crippen LogP) is 2.68. The highest BCUT2D eigenvalue weighted by atomic mass is 16.6. The van der Waals surface area contributed by atoms with E-state index in [0.717, 1.165) is 12.3 Å². The summed E-state index contributed by atoms with van der Waals surface area (Å²) in [5.41, 5.74) is -0.430. The molecule has 0 aromatic heterocycles. The molecule has 0 heterocycles. The van der Waals surface area contributed by atoms with Crippen LogP contribution >= 0.6 is 0 Å². The Labute approximate surface area is 111 Å². The molecule has 2 unspecified atom stereocenters. The molecule has 0 aromatic carbocycles. The third kappa shape index (κ3) is 6.24. The van der Waals surface area contributed by atoms with E-state index >= 15 is 0 Å². The van der Waals surface area contributed by atoms with Crippen LogP contribution in [0.25, 0.3) is 0 Å². The number of hydrogen-bond donors (Lipinski definition) is 2. The minimum Gasteiger partial charge on any atom is -0.444 e. The molecule has 1 rings (SSSR count). The Morgan fingerprint density at radius 3 is 2.44 bits per heavy atom. The van der Waals surface area contributed by atoms with Crippen molar-refractivity contribution in [1.82, 2.24) is 10.6 Å². The molecule has 1 amide bonds. The van der Waals surface area contributed by atoms with E-state index in [0.29, 0.717) is 18.6 Å². The minimum atomic E-state index is -0.430. The molecule has 0 aliphatic heterocycles. The first-order valence-electron chi connectivity index (χ1n) is 7.04. The number of carbonyl (C=O) groups is 1. The lowest BCUT2D eigenvalue weighted by atomic mass is 10.1. The molecular weight excluding hydrogens is 228 g/mol. The summed E-state index contributed by atoms with van der Waals surface area (Å²) in [7, 11) is 0. The number of nitrogens with one attached hydrogen (secondary N) is 2. The van der Waals surface area contributed by atoms with Crippen molar-refractivity contribution in [2.75, 3.05) is 6.54 Å². The van der Waals surface area contributed by atoms with E-state index in [2.05, 4.69) is 24.5 Å². The number of hydrogen-bond acceptors (Lipinski definition) is 3. The van der Waals surface area contributed by atoms with Gasteiger partial charge in [0.05, 0.1) is 0 Å². The third-order valence-electron chi connectivity index (χ3n) is 3.21. The van der Waals surface area contributed by atoms with Gasteiger partial charge in [-0.2, -0.15) is 0 Å². The molecule has 0 aromatic rings. The molecular formula is C14H28N2O2. The zero-order chi connectivity index (χ0) is 13.8. The van der Waals surface area contributed by atoms with Gasteiger partial charge in [-0.1, -0.05) is 6.92 Å². The maximum atomic E-state index is 11.5. The van der Waals surface area contributed by atoms with Crippen molar-refractivity contribution >= 4 is 6.09 Å². The van der Waals surface area contributed by atoms with E-state index in [1.807, 2.05) is 20.8 Å². The molecule has 2 N–H and O–H groups in total. The maximum Gasteiger partial charge on any atom is 0.407 e. The number of alkyl carbamates (subject to hydrolysis) is 1. The molecule has 0 saturated heterocycles. The van der Waals surface area contributed by atoms with Gasteiger partial charge in [-0.3, -0.25) is 0 Å². The summed E-state index contributed by atoms with van der Waals surface area (Å²) in [6.07, 6.45) is 3.35. The van der Waals surface area contributed by atoms with Gasteiger partial charge in [-0.05, 0) is 52.9 Å². The standard InChI is InChI=1S/C14H28N2O2/c1-6-12(16-10(2)11-7-8-11)9-15-13(17)18-14(3,4)5/h10-12,16H,6-9H2,1-5H3,(H,15,17). The molecule has 1 aliphatic rings. The van der Waals surface area contributed by atoms with E-state index in [1.54, 1.807) is 0 Å². The van der Waals surface area contributed by atoms with Crippen LogP contribution in [0.5, 0.6) is 0 Å². The summed E-state index contributed by atoms with van der Waals surface area (Å²) in [4.78, 5) is 11.5. The van der Waals surface area contributed by atoms with Crippen molar-refractivity contribution in [3.63, 3.8) is 0 Å². The summed E-state index contributed by atoms with van der Waals surface area (Å²) < 4.78 is 5.22. The number of rotatable bonds is 6. The van der Waals surface area contributed by atoms with Crippen LogP contribution < -0.4 is 10.6 Å². The van der Waals surface area contributed by atoms with Gasteiger partial charge in [0.15, 0.2) is 0 Å². The summed E-state index contributed by atoms with van der Waals surface area (Å²) >= 11 is 0. The normalized spacial score (nSPS) is 19.2. The molecule has 0 radical (unpaired) electrons. The van der Waals surface area contributed by atoms with Crippen molar-refractivity contribution < 1.29 is 9.53 Å². The van der Waals surface area contributed by atoms with E-state index in [4.69, 9.17) is 4.74 Å². The SMILES string of the molecule is CCC(CNC(=O)OC(C)(C)C)NC(C)C1CC1. The average molecular weight is 256 g/mol. The smallest absolute Gasteiger partial charge is 0.407 e. The molecule has 1 saturated carbocycles. The summed E-state index contributed by atoms with van der Waals surface area (Å²) in [5, 5.41) is 6.41. The zero-order valence-electron chi connectivity index (χ0n) is 12.4. The van der Waals surface area contributed by atoms with Gasteiger partial charge >= 0.3 is 6.09 Å². The lowest BCUT2D eigenvalue weighted by Gasteiger charge is -2.24. The zero-order valence-corrected chi connectivity index (χ0v) is 12.4. The van der Waals surface area contributed by atoms with Crippen molar-refractivity contribution in [3.8, 4) is 0 Å². The maximum absolute atomic E-state index is 11.5. The van der Waals surface area contributed by atoms with Gasteiger partial charge in [0, 0.05) is 18.6 Å². The first kappa shape index (κ1) is 15.3. The van der Waals surface area contributed by atoms with E-state index in [9.17, 15) is 4.79 Å². The Bertz CT molecular complexity index is 269. The number of carbonyl (C=O) groups excluding carboxylic acids is 1. The molecule has 0 bridgehead atoms. The van der Waals surface area contributed by atoms with Crippen molar-refractivity contribution in [1.29, 1.82) is 0 Å². The average Bonchev–Trinajstić information content (AvgIpc) is 3.04. The lowest BCUT2D eigenvalue weighted by molar-refractivity contribution is 0.0521. The minimum absolute atomic E-state index is 0.327. The van der Waals surface area contributed by atoms with Crippen LogP contribution in [0, 0.1) is 5.92 Å². The van der Waals surface area contributed by atoms with Gasteiger partial charge in [0.1, 0.15) is 5.60 Å². The fourth-order valence-electron chi connectivity index (χ4n) is 1.95. The van der Waals surface area contributed by atoms with Crippen molar-refractivity contribution in [3.05, 3.63) is 0 Å². The molecule has 0 spiro atoms. The largest absolute Gasteiger partial charge is 0.444 e. The highest BCUT2D eigenvalue weighted by Gasteiger charge is 2.29. The van der Waals surface area contributed by atoms with Crippen LogP contribution in [0.1, 0.15) is 53.9 Å². The Morgan fingerprint density at radius 1 is 1.39 bits per heavy atom. The monoisotopic (exact) mass is 256 g/mol. The summed E-state index contributed by atoms with van der Waals surface area (Å²) in [6, 6.07) is 0.878. The molecule has 1 aliphatic carbocycles. The second kappa shape index (κ2) is 6.41. The molecule has 106 valence electrons. The molecule has 2 atom stereocenters. The first-order chi connectivity index (χ1) is 8.31. The quantitative estimate of drug-likeness (QED) is 0.768. The van der Waals surface area contributed by atoms with Gasteiger partial charge in [-0.25, -0.2) is 4.79 Å². The summed E-state index contributed by atoms with van der Waals surface area (Å²) in [6.45, 7) is 10.6. The van der Waals surface area contributed by atoms with Crippen LogP contribution in [0.15, 0.2) is 0 Å². The highest BCUT2D eigenvalue weighted by Crippen LogP contribution is 2.32. The molecule has 4 nitrogen and oxygen atoms in total.